The Kier molecular flexibility index (Phi) is 2.83. The SMILES string of the molecule is COc1ccc(C2NC(=O)[C@@H](C)[C@@H]2N)cc1. The molecule has 1 fully saturated rings. The molecule has 1 aromatic carbocycles. The maximum absolute atomic E-state index is 11.5. The molecule has 0 spiro atoms. The van der Waals surface area contributed by atoms with Crippen LogP contribution in [-0.4, -0.2) is 19.1 Å². The van der Waals surface area contributed by atoms with E-state index in [0.717, 1.165) is 11.3 Å². The van der Waals surface area contributed by atoms with Crippen LogP contribution < -0.4 is 15.8 Å². The van der Waals surface area contributed by atoms with Gasteiger partial charge in [-0.1, -0.05) is 19.1 Å². The molecule has 0 radical (unpaired) electrons. The van der Waals surface area contributed by atoms with Gasteiger partial charge in [-0.15, -0.1) is 0 Å². The van der Waals surface area contributed by atoms with E-state index in [1.165, 1.54) is 0 Å². The van der Waals surface area contributed by atoms with Crippen LogP contribution in [0, 0.1) is 5.92 Å². The summed E-state index contributed by atoms with van der Waals surface area (Å²) in [4.78, 5) is 11.5. The number of nitrogens with one attached hydrogen (secondary N) is 1. The predicted molar refractivity (Wildman–Crippen MR) is 61.0 cm³/mol. The van der Waals surface area contributed by atoms with Crippen molar-refractivity contribution in [2.24, 2.45) is 11.7 Å². The highest BCUT2D eigenvalue weighted by atomic mass is 16.5. The molecule has 1 aliphatic heterocycles. The Hall–Kier alpha value is -1.55. The molecule has 4 nitrogen and oxygen atoms in total. The number of benzene rings is 1. The van der Waals surface area contributed by atoms with E-state index >= 15 is 0 Å². The second-order valence-electron chi connectivity index (χ2n) is 4.13. The van der Waals surface area contributed by atoms with Crippen LogP contribution in [0.3, 0.4) is 0 Å². The van der Waals surface area contributed by atoms with Gasteiger partial charge in [-0.3, -0.25) is 4.79 Å². The number of carbonyl (C=O) groups excluding carboxylic acids is 1. The van der Waals surface area contributed by atoms with Crippen LogP contribution in [0.25, 0.3) is 0 Å². The van der Waals surface area contributed by atoms with Crippen molar-refractivity contribution in [1.82, 2.24) is 5.32 Å². The molecule has 3 atom stereocenters. The van der Waals surface area contributed by atoms with Gasteiger partial charge in [0.15, 0.2) is 0 Å². The van der Waals surface area contributed by atoms with Gasteiger partial charge in [0.05, 0.1) is 19.1 Å². The van der Waals surface area contributed by atoms with Crippen LogP contribution in [0.5, 0.6) is 5.75 Å². The first kappa shape index (κ1) is 11.0. The van der Waals surface area contributed by atoms with Crippen LogP contribution in [0.15, 0.2) is 24.3 Å². The average Bonchev–Trinajstić information content (AvgIpc) is 2.57. The van der Waals surface area contributed by atoms with Crippen LogP contribution in [0.4, 0.5) is 0 Å². The molecule has 0 bridgehead atoms. The summed E-state index contributed by atoms with van der Waals surface area (Å²) in [5.41, 5.74) is 7.02. The highest BCUT2D eigenvalue weighted by molar-refractivity contribution is 5.82. The molecule has 0 aliphatic carbocycles. The standard InChI is InChI=1S/C12H16N2O2/c1-7-10(13)11(14-12(7)15)8-3-5-9(16-2)6-4-8/h3-7,10-11H,13H2,1-2H3,(H,14,15)/t7-,10-,11?/m0/s1. The van der Waals surface area contributed by atoms with Crippen molar-refractivity contribution in [2.75, 3.05) is 7.11 Å². The van der Waals surface area contributed by atoms with Gasteiger partial charge in [-0.25, -0.2) is 0 Å². The number of carbonyl (C=O) groups is 1. The van der Waals surface area contributed by atoms with Gasteiger partial charge in [0.25, 0.3) is 0 Å². The quantitative estimate of drug-likeness (QED) is 0.776. The lowest BCUT2D eigenvalue weighted by atomic mass is 9.96. The van der Waals surface area contributed by atoms with E-state index in [4.69, 9.17) is 10.5 Å². The van der Waals surface area contributed by atoms with Gasteiger partial charge in [0.1, 0.15) is 5.75 Å². The largest absolute Gasteiger partial charge is 0.497 e. The Labute approximate surface area is 94.8 Å². The summed E-state index contributed by atoms with van der Waals surface area (Å²) in [6.07, 6.45) is 0. The van der Waals surface area contributed by atoms with Crippen molar-refractivity contribution in [3.8, 4) is 5.75 Å². The number of methoxy groups -OCH3 is 1. The van der Waals surface area contributed by atoms with Gasteiger partial charge >= 0.3 is 0 Å². The summed E-state index contributed by atoms with van der Waals surface area (Å²) in [7, 11) is 1.63. The molecular formula is C12H16N2O2. The Balaban J connectivity index is 2.21. The van der Waals surface area contributed by atoms with Crippen molar-refractivity contribution < 1.29 is 9.53 Å². The first-order valence-corrected chi connectivity index (χ1v) is 5.33. The molecule has 2 rings (SSSR count). The molecule has 0 aromatic heterocycles. The average molecular weight is 220 g/mol. The van der Waals surface area contributed by atoms with Crippen LogP contribution in [0.1, 0.15) is 18.5 Å². The van der Waals surface area contributed by atoms with Crippen molar-refractivity contribution in [3.63, 3.8) is 0 Å². The zero-order chi connectivity index (χ0) is 11.7. The van der Waals surface area contributed by atoms with Crippen molar-refractivity contribution in [1.29, 1.82) is 0 Å². The fraction of sp³-hybridized carbons (Fsp3) is 0.417. The van der Waals surface area contributed by atoms with Gasteiger partial charge in [-0.05, 0) is 17.7 Å². The van der Waals surface area contributed by atoms with Gasteiger partial charge in [0, 0.05) is 6.04 Å². The molecule has 1 saturated heterocycles. The Morgan fingerprint density at radius 3 is 2.38 bits per heavy atom. The van der Waals surface area contributed by atoms with Crippen molar-refractivity contribution >= 4 is 5.91 Å². The third-order valence-corrected chi connectivity index (χ3v) is 3.15. The Morgan fingerprint density at radius 2 is 1.94 bits per heavy atom. The van der Waals surface area contributed by atoms with E-state index in [1.54, 1.807) is 7.11 Å². The lowest BCUT2D eigenvalue weighted by Crippen LogP contribution is -2.31. The van der Waals surface area contributed by atoms with E-state index in [-0.39, 0.29) is 23.9 Å². The summed E-state index contributed by atoms with van der Waals surface area (Å²) in [6, 6.07) is 7.35. The second-order valence-corrected chi connectivity index (χ2v) is 4.13. The van der Waals surface area contributed by atoms with E-state index in [0.29, 0.717) is 0 Å². The van der Waals surface area contributed by atoms with E-state index in [2.05, 4.69) is 5.32 Å². The molecule has 86 valence electrons. The van der Waals surface area contributed by atoms with Gasteiger partial charge in [0.2, 0.25) is 5.91 Å². The minimum absolute atomic E-state index is 0.0216. The summed E-state index contributed by atoms with van der Waals surface area (Å²) in [6.45, 7) is 1.85. The first-order valence-electron chi connectivity index (χ1n) is 5.33. The van der Waals surface area contributed by atoms with E-state index in [9.17, 15) is 4.79 Å². The summed E-state index contributed by atoms with van der Waals surface area (Å²) < 4.78 is 5.08. The first-order chi connectivity index (χ1) is 7.63. The topological polar surface area (TPSA) is 64.3 Å². The second kappa shape index (κ2) is 4.14. The predicted octanol–water partition coefficient (Wildman–Crippen LogP) is 0.829. The monoisotopic (exact) mass is 220 g/mol. The number of hydrogen-bond donors (Lipinski definition) is 2. The minimum Gasteiger partial charge on any atom is -0.497 e. The number of nitrogens with two attached hydrogens (primary N) is 1. The molecule has 3 N–H and O–H groups in total. The highest BCUT2D eigenvalue weighted by Crippen LogP contribution is 2.27. The summed E-state index contributed by atoms with van der Waals surface area (Å²) >= 11 is 0. The number of rotatable bonds is 2. The van der Waals surface area contributed by atoms with Gasteiger partial charge < -0.3 is 15.8 Å². The maximum atomic E-state index is 11.5. The fourth-order valence-electron chi connectivity index (χ4n) is 1.96. The molecule has 1 aromatic rings. The number of amides is 1. The summed E-state index contributed by atoms with van der Waals surface area (Å²) in [5, 5.41) is 2.90. The third kappa shape index (κ3) is 1.76. The van der Waals surface area contributed by atoms with Crippen LogP contribution in [0.2, 0.25) is 0 Å². The van der Waals surface area contributed by atoms with Crippen LogP contribution >= 0.6 is 0 Å². The van der Waals surface area contributed by atoms with Crippen molar-refractivity contribution in [2.45, 2.75) is 19.0 Å². The molecular weight excluding hydrogens is 204 g/mol. The molecule has 1 aliphatic rings. The molecule has 1 unspecified atom stereocenters. The normalized spacial score (nSPS) is 28.9. The van der Waals surface area contributed by atoms with Gasteiger partial charge in [-0.2, -0.15) is 0 Å². The molecule has 1 amide bonds. The highest BCUT2D eigenvalue weighted by Gasteiger charge is 2.37. The summed E-state index contributed by atoms with van der Waals surface area (Å²) in [5.74, 6) is 0.690. The number of ether oxygens (including phenoxy) is 1. The molecule has 4 heteroatoms. The lowest BCUT2D eigenvalue weighted by Gasteiger charge is -2.17. The smallest absolute Gasteiger partial charge is 0.225 e. The Morgan fingerprint density at radius 1 is 1.31 bits per heavy atom. The molecule has 1 heterocycles. The number of hydrogen-bond acceptors (Lipinski definition) is 3. The third-order valence-electron chi connectivity index (χ3n) is 3.15. The maximum Gasteiger partial charge on any atom is 0.225 e. The van der Waals surface area contributed by atoms with Crippen LogP contribution in [-0.2, 0) is 4.79 Å². The minimum atomic E-state index is -0.166. The van der Waals surface area contributed by atoms with E-state index < -0.39 is 0 Å². The molecule has 16 heavy (non-hydrogen) atoms. The fourth-order valence-corrected chi connectivity index (χ4v) is 1.96. The zero-order valence-electron chi connectivity index (χ0n) is 9.44. The Bertz CT molecular complexity index is 389. The lowest BCUT2D eigenvalue weighted by molar-refractivity contribution is -0.122. The van der Waals surface area contributed by atoms with Crippen molar-refractivity contribution in [3.05, 3.63) is 29.8 Å². The zero-order valence-corrected chi connectivity index (χ0v) is 9.44. The van der Waals surface area contributed by atoms with E-state index in [1.807, 2.05) is 31.2 Å². The molecule has 0 saturated carbocycles.